The fourth-order valence-corrected chi connectivity index (χ4v) is 4.82. The summed E-state index contributed by atoms with van der Waals surface area (Å²) in [6, 6.07) is 4.44. The summed E-state index contributed by atoms with van der Waals surface area (Å²) < 4.78 is 7.84. The van der Waals surface area contributed by atoms with Crippen LogP contribution in [0.3, 0.4) is 0 Å². The highest BCUT2D eigenvalue weighted by molar-refractivity contribution is 6.76. The normalized spacial score (nSPS) is 16.8. The molecular formula is C26H38N5O4Si+. The van der Waals surface area contributed by atoms with Gasteiger partial charge in [0, 0.05) is 27.1 Å². The van der Waals surface area contributed by atoms with Crippen LogP contribution in [-0.4, -0.2) is 75.7 Å². The molecule has 1 atom stereocenters. The molecule has 36 heavy (non-hydrogen) atoms. The number of fused-ring (bicyclic) bond motifs is 1. The third-order valence-electron chi connectivity index (χ3n) is 6.45. The number of nitrogens with one attached hydrogen (secondary N) is 1. The highest BCUT2D eigenvalue weighted by atomic mass is 28.3. The number of amidine groups is 1. The van der Waals surface area contributed by atoms with Gasteiger partial charge in [0.15, 0.2) is 5.82 Å². The van der Waals surface area contributed by atoms with E-state index in [2.05, 4.69) is 36.5 Å². The van der Waals surface area contributed by atoms with Gasteiger partial charge in [-0.05, 0) is 44.9 Å². The van der Waals surface area contributed by atoms with Gasteiger partial charge in [-0.25, -0.2) is 14.9 Å². The van der Waals surface area contributed by atoms with Crippen LogP contribution in [0.2, 0.25) is 25.7 Å². The van der Waals surface area contributed by atoms with Crippen molar-refractivity contribution in [3.63, 3.8) is 0 Å². The van der Waals surface area contributed by atoms with Gasteiger partial charge >= 0.3 is 0 Å². The van der Waals surface area contributed by atoms with Crippen molar-refractivity contribution in [1.29, 1.82) is 5.41 Å². The molecule has 0 saturated carbocycles. The SMILES string of the molecule is CC[N+]1(CC)C(=N)C(c2nccn2COCC[Si](C)(C)C)=C(O)c2ccc(C#CC(C)(O)CO)nc21. The van der Waals surface area contributed by atoms with Crippen molar-refractivity contribution in [2.24, 2.45) is 0 Å². The number of quaternary nitrogens is 1. The first-order valence-corrected chi connectivity index (χ1v) is 16.0. The zero-order valence-corrected chi connectivity index (χ0v) is 23.1. The zero-order valence-electron chi connectivity index (χ0n) is 22.1. The molecule has 2 aromatic rings. The van der Waals surface area contributed by atoms with E-state index >= 15 is 0 Å². The third kappa shape index (κ3) is 5.61. The fourth-order valence-electron chi connectivity index (χ4n) is 4.07. The largest absolute Gasteiger partial charge is 0.506 e. The van der Waals surface area contributed by atoms with Gasteiger partial charge in [0.1, 0.15) is 29.4 Å². The Balaban J connectivity index is 2.06. The second kappa shape index (κ2) is 10.7. The van der Waals surface area contributed by atoms with Gasteiger partial charge in [-0.3, -0.25) is 0 Å². The minimum atomic E-state index is -1.55. The van der Waals surface area contributed by atoms with Gasteiger partial charge < -0.3 is 24.6 Å². The first kappa shape index (κ1) is 27.8. The van der Waals surface area contributed by atoms with Crippen LogP contribution in [-0.2, 0) is 11.5 Å². The number of aliphatic hydroxyl groups is 3. The van der Waals surface area contributed by atoms with Crippen LogP contribution >= 0.6 is 0 Å². The van der Waals surface area contributed by atoms with Crippen molar-refractivity contribution in [3.8, 4) is 11.8 Å². The maximum atomic E-state index is 11.4. The number of pyridine rings is 1. The van der Waals surface area contributed by atoms with Crippen molar-refractivity contribution >= 4 is 31.1 Å². The molecule has 0 saturated heterocycles. The predicted molar refractivity (Wildman–Crippen MR) is 145 cm³/mol. The van der Waals surface area contributed by atoms with Crippen LogP contribution in [0.15, 0.2) is 24.5 Å². The van der Waals surface area contributed by atoms with Gasteiger partial charge in [0.05, 0.1) is 25.3 Å². The van der Waals surface area contributed by atoms with E-state index in [0.717, 1.165) is 6.04 Å². The number of hydrogen-bond donors (Lipinski definition) is 4. The summed E-state index contributed by atoms with van der Waals surface area (Å²) in [4.78, 5) is 9.18. The van der Waals surface area contributed by atoms with Crippen LogP contribution < -0.4 is 4.48 Å². The molecule has 3 rings (SSSR count). The fraction of sp³-hybridized carbons (Fsp3) is 0.500. The Morgan fingerprint density at radius 1 is 1.22 bits per heavy atom. The van der Waals surface area contributed by atoms with Crippen LogP contribution in [0.1, 0.15) is 37.9 Å². The molecule has 1 aliphatic rings. The van der Waals surface area contributed by atoms with Gasteiger partial charge in [-0.2, -0.15) is 4.98 Å². The molecule has 1 aliphatic heterocycles. The topological polar surface area (TPSA) is 124 Å². The van der Waals surface area contributed by atoms with Crippen molar-refractivity contribution in [2.75, 3.05) is 26.3 Å². The molecular weight excluding hydrogens is 474 g/mol. The van der Waals surface area contributed by atoms with E-state index in [0.29, 0.717) is 48.2 Å². The zero-order chi connectivity index (χ0) is 26.7. The van der Waals surface area contributed by atoms with E-state index in [1.165, 1.54) is 6.92 Å². The second-order valence-electron chi connectivity index (χ2n) is 10.5. The second-order valence-corrected chi connectivity index (χ2v) is 16.1. The minimum absolute atomic E-state index is 0.0606. The van der Waals surface area contributed by atoms with E-state index in [4.69, 9.17) is 9.72 Å². The summed E-state index contributed by atoms with van der Waals surface area (Å²) >= 11 is 0. The molecule has 3 heterocycles. The number of ether oxygens (including phenoxy) is 1. The Morgan fingerprint density at radius 3 is 2.53 bits per heavy atom. The predicted octanol–water partition coefficient (Wildman–Crippen LogP) is 3.45. The van der Waals surface area contributed by atoms with Gasteiger partial charge in [-0.1, -0.05) is 25.6 Å². The number of likely N-dealkylation sites (N-methyl/N-ethyl adjacent to an activating group) is 1. The van der Waals surface area contributed by atoms with Crippen LogP contribution in [0.4, 0.5) is 5.82 Å². The number of aromatic nitrogens is 3. The highest BCUT2D eigenvalue weighted by Crippen LogP contribution is 2.41. The highest BCUT2D eigenvalue weighted by Gasteiger charge is 2.46. The first-order valence-electron chi connectivity index (χ1n) is 12.3. The summed E-state index contributed by atoms with van der Waals surface area (Å²) in [5.74, 6) is 6.56. The molecule has 10 heteroatoms. The maximum absolute atomic E-state index is 11.4. The van der Waals surface area contributed by atoms with Crippen LogP contribution in [0, 0.1) is 17.3 Å². The number of nitrogens with zero attached hydrogens (tertiary/aromatic N) is 4. The molecule has 1 unspecified atom stereocenters. The first-order chi connectivity index (χ1) is 16.9. The minimum Gasteiger partial charge on any atom is -0.506 e. The molecule has 0 radical (unpaired) electrons. The van der Waals surface area contributed by atoms with Gasteiger partial charge in [0.2, 0.25) is 11.7 Å². The Labute approximate surface area is 214 Å². The summed E-state index contributed by atoms with van der Waals surface area (Å²) in [5, 5.41) is 39.9. The Kier molecular flexibility index (Phi) is 8.22. The molecule has 9 nitrogen and oxygen atoms in total. The van der Waals surface area contributed by atoms with Crippen molar-refractivity contribution in [3.05, 3.63) is 41.6 Å². The molecule has 0 amide bonds. The lowest BCUT2D eigenvalue weighted by Gasteiger charge is -2.39. The van der Waals surface area contributed by atoms with Crippen molar-refractivity contribution in [1.82, 2.24) is 19.0 Å². The monoisotopic (exact) mass is 512 g/mol. The summed E-state index contributed by atoms with van der Waals surface area (Å²) in [6.07, 6.45) is 3.44. The lowest BCUT2D eigenvalue weighted by molar-refractivity contribution is 0.0518. The Hall–Kier alpha value is -2.81. The van der Waals surface area contributed by atoms with Gasteiger partial charge in [-0.15, -0.1) is 0 Å². The average Bonchev–Trinajstić information content (AvgIpc) is 3.29. The van der Waals surface area contributed by atoms with E-state index < -0.39 is 20.3 Å². The molecule has 194 valence electrons. The smallest absolute Gasteiger partial charge is 0.246 e. The van der Waals surface area contributed by atoms with Crippen molar-refractivity contribution in [2.45, 2.75) is 58.8 Å². The molecule has 4 N–H and O–H groups in total. The quantitative estimate of drug-likeness (QED) is 0.177. The summed E-state index contributed by atoms with van der Waals surface area (Å²) in [7, 11) is -1.22. The molecule has 0 bridgehead atoms. The van der Waals surface area contributed by atoms with Gasteiger partial charge in [0.25, 0.3) is 0 Å². The number of rotatable bonds is 9. The average molecular weight is 513 g/mol. The summed E-state index contributed by atoms with van der Waals surface area (Å²) in [5.41, 5.74) is -0.296. The van der Waals surface area contributed by atoms with Crippen LogP contribution in [0.25, 0.3) is 11.3 Å². The third-order valence-corrected chi connectivity index (χ3v) is 8.15. The lowest BCUT2D eigenvalue weighted by Crippen LogP contribution is -2.56. The number of hydrogen-bond acceptors (Lipinski definition) is 7. The molecule has 0 aliphatic carbocycles. The van der Waals surface area contributed by atoms with Crippen molar-refractivity contribution < 1.29 is 20.1 Å². The molecule has 0 spiro atoms. The Morgan fingerprint density at radius 2 is 1.92 bits per heavy atom. The number of aliphatic hydroxyl groups excluding tert-OH is 2. The van der Waals surface area contributed by atoms with Crippen LogP contribution in [0.5, 0.6) is 0 Å². The van der Waals surface area contributed by atoms with E-state index in [9.17, 15) is 20.7 Å². The van der Waals surface area contributed by atoms with E-state index in [-0.39, 0.29) is 22.8 Å². The number of imidazole rings is 1. The van der Waals surface area contributed by atoms with E-state index in [1.807, 2.05) is 18.4 Å². The van der Waals surface area contributed by atoms with E-state index in [1.54, 1.807) is 24.5 Å². The lowest BCUT2D eigenvalue weighted by atomic mass is 9.98. The Bertz CT molecular complexity index is 1210. The summed E-state index contributed by atoms with van der Waals surface area (Å²) in [6.45, 7) is 13.8. The molecule has 0 fully saturated rings. The standard InChI is InChI=1S/C26H37N5O4Si/c1-7-31(8-2)23(27)21(24-28-13-14-30(24)18-35-15-16-36(4,5)6)22(33)20-10-9-19(29-25(20)31)11-12-26(3,34)17-32/h9-10,13-14,32,34H,7-8,15-18H2,1-6H3,(H-,27,28,33)/p+1. The molecule has 0 aromatic carbocycles. The maximum Gasteiger partial charge on any atom is 0.246 e. The molecule has 2 aromatic heterocycles.